The highest BCUT2D eigenvalue weighted by Gasteiger charge is 2.20. The molecule has 1 aliphatic heterocycles. The number of amides is 1. The molecule has 3 rings (SSSR count). The summed E-state index contributed by atoms with van der Waals surface area (Å²) in [6.07, 6.45) is -0.674. The molecular formula is C19H22N2O4. The highest BCUT2D eigenvalue weighted by molar-refractivity contribution is 5.97. The summed E-state index contributed by atoms with van der Waals surface area (Å²) in [6.45, 7) is 6.06. The van der Waals surface area contributed by atoms with E-state index in [2.05, 4.69) is 19.2 Å². The maximum Gasteiger partial charge on any atom is 0.265 e. The van der Waals surface area contributed by atoms with E-state index in [4.69, 9.17) is 19.9 Å². The Bertz CT molecular complexity index is 789. The third-order valence-corrected chi connectivity index (χ3v) is 4.01. The number of carbonyl (C=O) groups is 1. The minimum atomic E-state index is -0.674. The topological polar surface area (TPSA) is 82.8 Å². The van der Waals surface area contributed by atoms with Gasteiger partial charge in [0, 0.05) is 12.1 Å². The fourth-order valence-corrected chi connectivity index (χ4v) is 2.50. The number of nitrogens with two attached hydrogens (primary N) is 1. The van der Waals surface area contributed by atoms with Gasteiger partial charge in [0.15, 0.2) is 17.6 Å². The predicted molar refractivity (Wildman–Crippen MR) is 96.2 cm³/mol. The van der Waals surface area contributed by atoms with E-state index in [0.29, 0.717) is 34.5 Å². The lowest BCUT2D eigenvalue weighted by Gasteiger charge is -2.17. The molecular weight excluding hydrogens is 320 g/mol. The third kappa shape index (κ3) is 3.79. The second-order valence-electron chi connectivity index (χ2n) is 6.27. The van der Waals surface area contributed by atoms with E-state index >= 15 is 0 Å². The van der Waals surface area contributed by atoms with E-state index < -0.39 is 6.10 Å². The summed E-state index contributed by atoms with van der Waals surface area (Å²) in [4.78, 5) is 12.4. The molecule has 0 aromatic heterocycles. The van der Waals surface area contributed by atoms with E-state index in [1.807, 2.05) is 24.3 Å². The average molecular weight is 342 g/mol. The molecule has 0 bridgehead atoms. The molecule has 0 fully saturated rings. The van der Waals surface area contributed by atoms with Crippen LogP contribution in [0, 0.1) is 0 Å². The van der Waals surface area contributed by atoms with Crippen LogP contribution in [0.1, 0.15) is 32.3 Å². The van der Waals surface area contributed by atoms with Gasteiger partial charge in [-0.15, -0.1) is 0 Å². The van der Waals surface area contributed by atoms with E-state index in [-0.39, 0.29) is 12.7 Å². The Morgan fingerprint density at radius 1 is 1.16 bits per heavy atom. The van der Waals surface area contributed by atoms with Crippen molar-refractivity contribution in [3.05, 3.63) is 42.0 Å². The van der Waals surface area contributed by atoms with Crippen LogP contribution in [-0.4, -0.2) is 18.8 Å². The molecule has 132 valence electrons. The second-order valence-corrected chi connectivity index (χ2v) is 6.27. The molecule has 1 atom stereocenters. The van der Waals surface area contributed by atoms with Gasteiger partial charge in [-0.3, -0.25) is 4.79 Å². The van der Waals surface area contributed by atoms with Gasteiger partial charge in [-0.25, -0.2) is 0 Å². The molecule has 0 spiro atoms. The largest absolute Gasteiger partial charge is 0.481 e. The molecule has 0 radical (unpaired) electrons. The molecule has 6 nitrogen and oxygen atoms in total. The number of hydrogen-bond acceptors (Lipinski definition) is 5. The first-order chi connectivity index (χ1) is 11.9. The van der Waals surface area contributed by atoms with E-state index in [0.717, 1.165) is 5.56 Å². The summed E-state index contributed by atoms with van der Waals surface area (Å²) in [5, 5.41) is 2.77. The number of nitrogens with one attached hydrogen (secondary N) is 1. The SMILES string of the molecule is CC(Oc1cccc(C(C)C)c1)C(=O)Nc1cc2c(cc1N)OCO2. The lowest BCUT2D eigenvalue weighted by molar-refractivity contribution is -0.122. The number of benzene rings is 2. The smallest absolute Gasteiger partial charge is 0.265 e. The zero-order valence-corrected chi connectivity index (χ0v) is 14.5. The van der Waals surface area contributed by atoms with Crippen molar-refractivity contribution in [2.75, 3.05) is 17.8 Å². The molecule has 1 heterocycles. The molecule has 1 amide bonds. The molecule has 2 aromatic carbocycles. The van der Waals surface area contributed by atoms with Gasteiger partial charge in [-0.2, -0.15) is 0 Å². The normalized spacial score (nSPS) is 13.6. The number of ether oxygens (including phenoxy) is 3. The van der Waals surface area contributed by atoms with Crippen molar-refractivity contribution < 1.29 is 19.0 Å². The lowest BCUT2D eigenvalue weighted by atomic mass is 10.0. The standard InChI is InChI=1S/C19H22N2O4/c1-11(2)13-5-4-6-14(7-13)25-12(3)19(22)21-16-9-18-17(8-15(16)20)23-10-24-18/h4-9,11-12H,10,20H2,1-3H3,(H,21,22). The Balaban J connectivity index is 1.68. The first-order valence-corrected chi connectivity index (χ1v) is 8.20. The van der Waals surface area contributed by atoms with Crippen LogP contribution in [0.4, 0.5) is 11.4 Å². The lowest BCUT2D eigenvalue weighted by Crippen LogP contribution is -2.30. The third-order valence-electron chi connectivity index (χ3n) is 4.01. The second kappa shape index (κ2) is 6.93. The van der Waals surface area contributed by atoms with Crippen LogP contribution < -0.4 is 25.3 Å². The summed E-state index contributed by atoms with van der Waals surface area (Å²) in [6, 6.07) is 11.0. The van der Waals surface area contributed by atoms with Crippen LogP contribution in [0.3, 0.4) is 0 Å². The van der Waals surface area contributed by atoms with Gasteiger partial charge >= 0.3 is 0 Å². The minimum Gasteiger partial charge on any atom is -0.481 e. The summed E-state index contributed by atoms with van der Waals surface area (Å²) in [7, 11) is 0. The summed E-state index contributed by atoms with van der Waals surface area (Å²) in [5.74, 6) is 1.89. The Morgan fingerprint density at radius 3 is 2.60 bits per heavy atom. The van der Waals surface area contributed by atoms with Crippen molar-refractivity contribution in [2.24, 2.45) is 0 Å². The van der Waals surface area contributed by atoms with Gasteiger partial charge < -0.3 is 25.3 Å². The predicted octanol–water partition coefficient (Wildman–Crippen LogP) is 3.53. The van der Waals surface area contributed by atoms with Crippen molar-refractivity contribution in [1.82, 2.24) is 0 Å². The van der Waals surface area contributed by atoms with E-state index in [9.17, 15) is 4.79 Å². The number of fused-ring (bicyclic) bond motifs is 1. The van der Waals surface area contributed by atoms with Crippen LogP contribution >= 0.6 is 0 Å². The highest BCUT2D eigenvalue weighted by Crippen LogP contribution is 2.38. The fourth-order valence-electron chi connectivity index (χ4n) is 2.50. The summed E-state index contributed by atoms with van der Waals surface area (Å²) < 4.78 is 16.3. The number of nitrogen functional groups attached to an aromatic ring is 1. The molecule has 0 aliphatic carbocycles. The van der Waals surface area contributed by atoms with Crippen LogP contribution in [0.25, 0.3) is 0 Å². The van der Waals surface area contributed by atoms with Crippen molar-refractivity contribution in [2.45, 2.75) is 32.8 Å². The van der Waals surface area contributed by atoms with Gasteiger partial charge in [0.05, 0.1) is 11.4 Å². The van der Waals surface area contributed by atoms with E-state index in [1.54, 1.807) is 19.1 Å². The molecule has 3 N–H and O–H groups in total. The zero-order valence-electron chi connectivity index (χ0n) is 14.5. The number of hydrogen-bond donors (Lipinski definition) is 2. The van der Waals surface area contributed by atoms with Crippen molar-refractivity contribution >= 4 is 17.3 Å². The summed E-state index contributed by atoms with van der Waals surface area (Å²) in [5.41, 5.74) is 8.00. The van der Waals surface area contributed by atoms with Gasteiger partial charge in [-0.1, -0.05) is 26.0 Å². The van der Waals surface area contributed by atoms with Crippen LogP contribution in [0.15, 0.2) is 36.4 Å². The minimum absolute atomic E-state index is 0.151. The van der Waals surface area contributed by atoms with Crippen LogP contribution in [0.2, 0.25) is 0 Å². The van der Waals surface area contributed by atoms with Gasteiger partial charge in [0.25, 0.3) is 5.91 Å². The first kappa shape index (κ1) is 17.0. The molecule has 25 heavy (non-hydrogen) atoms. The monoisotopic (exact) mass is 342 g/mol. The fraction of sp³-hybridized carbons (Fsp3) is 0.316. The molecule has 0 saturated heterocycles. The molecule has 1 unspecified atom stereocenters. The molecule has 6 heteroatoms. The van der Waals surface area contributed by atoms with Crippen molar-refractivity contribution in [3.63, 3.8) is 0 Å². The van der Waals surface area contributed by atoms with Crippen molar-refractivity contribution in [3.8, 4) is 17.2 Å². The number of anilines is 2. The van der Waals surface area contributed by atoms with Gasteiger partial charge in [-0.05, 0) is 30.5 Å². The molecule has 2 aromatic rings. The van der Waals surface area contributed by atoms with Gasteiger partial charge in [0.2, 0.25) is 6.79 Å². The Morgan fingerprint density at radius 2 is 1.88 bits per heavy atom. The van der Waals surface area contributed by atoms with Crippen LogP contribution in [0.5, 0.6) is 17.2 Å². The Kier molecular flexibility index (Phi) is 4.70. The average Bonchev–Trinajstić information content (AvgIpc) is 3.02. The maximum absolute atomic E-state index is 12.4. The number of carbonyl (C=O) groups excluding carboxylic acids is 1. The van der Waals surface area contributed by atoms with E-state index in [1.165, 1.54) is 0 Å². The number of rotatable bonds is 5. The maximum atomic E-state index is 12.4. The molecule has 0 saturated carbocycles. The zero-order chi connectivity index (χ0) is 18.0. The molecule has 1 aliphatic rings. The Hall–Kier alpha value is -2.89. The van der Waals surface area contributed by atoms with Gasteiger partial charge in [0.1, 0.15) is 5.75 Å². The quantitative estimate of drug-likeness (QED) is 0.812. The van der Waals surface area contributed by atoms with Crippen LogP contribution in [-0.2, 0) is 4.79 Å². The summed E-state index contributed by atoms with van der Waals surface area (Å²) >= 11 is 0. The van der Waals surface area contributed by atoms with Crippen molar-refractivity contribution in [1.29, 1.82) is 0 Å². The first-order valence-electron chi connectivity index (χ1n) is 8.20. The highest BCUT2D eigenvalue weighted by atomic mass is 16.7. The Labute approximate surface area is 146 Å².